The zero-order valence-corrected chi connectivity index (χ0v) is 9.44. The predicted molar refractivity (Wildman–Crippen MR) is 57.5 cm³/mol. The maximum atomic E-state index is 12.6. The van der Waals surface area contributed by atoms with Crippen molar-refractivity contribution in [2.24, 2.45) is 5.84 Å². The van der Waals surface area contributed by atoms with Gasteiger partial charge in [0.25, 0.3) is 0 Å². The molecule has 94 valence electrons. The molecule has 2 rings (SSSR count). The van der Waals surface area contributed by atoms with Crippen LogP contribution in [0.5, 0.6) is 0 Å². The molecule has 0 bridgehead atoms. The number of nitrogens with zero attached hydrogens (tertiary/aromatic N) is 1. The highest BCUT2D eigenvalue weighted by Crippen LogP contribution is 2.34. The van der Waals surface area contributed by atoms with Gasteiger partial charge in [0.2, 0.25) is 0 Å². The van der Waals surface area contributed by atoms with E-state index in [9.17, 15) is 13.2 Å². The summed E-state index contributed by atoms with van der Waals surface area (Å²) in [5.41, 5.74) is 1.37. The van der Waals surface area contributed by atoms with Crippen molar-refractivity contribution in [1.82, 2.24) is 4.98 Å². The number of hydrogen-bond acceptors (Lipinski definition) is 5. The van der Waals surface area contributed by atoms with Crippen LogP contribution in [0.1, 0.15) is 5.56 Å². The molecule has 17 heavy (non-hydrogen) atoms. The Labute approximate surface area is 99.7 Å². The van der Waals surface area contributed by atoms with E-state index < -0.39 is 11.7 Å². The van der Waals surface area contributed by atoms with Gasteiger partial charge in [0.05, 0.1) is 29.1 Å². The molecule has 1 aromatic heterocycles. The molecule has 1 saturated heterocycles. The van der Waals surface area contributed by atoms with Gasteiger partial charge < -0.3 is 10.2 Å². The molecule has 1 fully saturated rings. The van der Waals surface area contributed by atoms with Crippen LogP contribution < -0.4 is 11.3 Å². The standard InChI is InChI=1S/C9H10F3N3OS/c10-9(11,12)5-1-7(15-13)14-8(2-5)17-6-3-16-4-6/h1-2,6H,3-4,13H2,(H,14,15). The molecule has 3 N–H and O–H groups in total. The third-order valence-electron chi connectivity index (χ3n) is 2.17. The number of thioether (sulfide) groups is 1. The highest BCUT2D eigenvalue weighted by atomic mass is 32.2. The number of ether oxygens (including phenoxy) is 1. The number of pyridine rings is 1. The lowest BCUT2D eigenvalue weighted by Gasteiger charge is -2.25. The number of hydrazine groups is 1. The molecule has 1 aromatic rings. The number of nitrogens with one attached hydrogen (secondary N) is 1. The molecule has 0 radical (unpaired) electrons. The highest BCUT2D eigenvalue weighted by molar-refractivity contribution is 8.00. The second kappa shape index (κ2) is 4.71. The summed E-state index contributed by atoms with van der Waals surface area (Å²) in [4.78, 5) is 3.96. The van der Waals surface area contributed by atoms with E-state index in [0.29, 0.717) is 18.2 Å². The quantitative estimate of drug-likeness (QED) is 0.645. The fraction of sp³-hybridized carbons (Fsp3) is 0.444. The van der Waals surface area contributed by atoms with Gasteiger partial charge >= 0.3 is 6.18 Å². The second-order valence-electron chi connectivity index (χ2n) is 3.50. The van der Waals surface area contributed by atoms with Gasteiger partial charge in [-0.05, 0) is 12.1 Å². The maximum absolute atomic E-state index is 12.6. The molecule has 1 aliphatic heterocycles. The van der Waals surface area contributed by atoms with Gasteiger partial charge in [-0.15, -0.1) is 0 Å². The first kappa shape index (κ1) is 12.5. The molecule has 0 aliphatic carbocycles. The van der Waals surface area contributed by atoms with Gasteiger partial charge in [-0.1, -0.05) is 11.8 Å². The summed E-state index contributed by atoms with van der Waals surface area (Å²) in [7, 11) is 0. The van der Waals surface area contributed by atoms with E-state index in [-0.39, 0.29) is 11.1 Å². The molecule has 0 aromatic carbocycles. The largest absolute Gasteiger partial charge is 0.416 e. The topological polar surface area (TPSA) is 60.2 Å². The molecular formula is C9H10F3N3OS. The van der Waals surface area contributed by atoms with Gasteiger partial charge in [-0.25, -0.2) is 10.8 Å². The van der Waals surface area contributed by atoms with E-state index in [1.165, 1.54) is 11.8 Å². The smallest absolute Gasteiger partial charge is 0.379 e. The van der Waals surface area contributed by atoms with E-state index in [4.69, 9.17) is 10.6 Å². The number of hydrogen-bond donors (Lipinski definition) is 2. The van der Waals surface area contributed by atoms with Crippen molar-refractivity contribution >= 4 is 17.6 Å². The first-order valence-corrected chi connectivity index (χ1v) is 5.67. The van der Waals surface area contributed by atoms with E-state index in [2.05, 4.69) is 10.4 Å². The highest BCUT2D eigenvalue weighted by Gasteiger charge is 2.32. The number of anilines is 1. The first-order valence-electron chi connectivity index (χ1n) is 4.79. The summed E-state index contributed by atoms with van der Waals surface area (Å²) in [6, 6.07) is 1.89. The van der Waals surface area contributed by atoms with E-state index in [1.54, 1.807) is 0 Å². The van der Waals surface area contributed by atoms with Crippen LogP contribution in [0.4, 0.5) is 19.0 Å². The fourth-order valence-corrected chi connectivity index (χ4v) is 2.27. The second-order valence-corrected chi connectivity index (χ2v) is 4.82. The minimum atomic E-state index is -4.40. The van der Waals surface area contributed by atoms with Crippen molar-refractivity contribution in [2.75, 3.05) is 18.6 Å². The van der Waals surface area contributed by atoms with Crippen LogP contribution in [0, 0.1) is 0 Å². The van der Waals surface area contributed by atoms with Crippen LogP contribution in [0.2, 0.25) is 0 Å². The SMILES string of the molecule is NNc1cc(C(F)(F)F)cc(SC2COC2)n1. The molecule has 0 unspecified atom stereocenters. The minimum Gasteiger partial charge on any atom is -0.379 e. The third-order valence-corrected chi connectivity index (χ3v) is 3.23. The van der Waals surface area contributed by atoms with Crippen molar-refractivity contribution in [1.29, 1.82) is 0 Å². The summed E-state index contributed by atoms with van der Waals surface area (Å²) >= 11 is 1.26. The summed E-state index contributed by atoms with van der Waals surface area (Å²) < 4.78 is 42.7. The lowest BCUT2D eigenvalue weighted by atomic mass is 10.2. The van der Waals surface area contributed by atoms with Crippen molar-refractivity contribution in [3.05, 3.63) is 17.7 Å². The number of nitrogen functional groups attached to an aromatic ring is 1. The molecule has 2 heterocycles. The van der Waals surface area contributed by atoms with Crippen molar-refractivity contribution < 1.29 is 17.9 Å². The van der Waals surface area contributed by atoms with E-state index in [0.717, 1.165) is 12.1 Å². The molecular weight excluding hydrogens is 255 g/mol. The summed E-state index contributed by atoms with van der Waals surface area (Å²) in [6.45, 7) is 1.07. The molecule has 0 saturated carbocycles. The van der Waals surface area contributed by atoms with Crippen LogP contribution in [-0.2, 0) is 10.9 Å². The summed E-state index contributed by atoms with van der Waals surface area (Å²) in [6.07, 6.45) is -4.40. The molecule has 1 aliphatic rings. The molecule has 4 nitrogen and oxygen atoms in total. The number of alkyl halides is 3. The van der Waals surface area contributed by atoms with Crippen molar-refractivity contribution in [2.45, 2.75) is 16.5 Å². The van der Waals surface area contributed by atoms with Crippen LogP contribution in [0.25, 0.3) is 0 Å². The van der Waals surface area contributed by atoms with Crippen LogP contribution in [0.3, 0.4) is 0 Å². The van der Waals surface area contributed by atoms with Gasteiger partial charge in [-0.3, -0.25) is 0 Å². The Morgan fingerprint density at radius 3 is 2.59 bits per heavy atom. The average molecular weight is 265 g/mol. The van der Waals surface area contributed by atoms with Crippen molar-refractivity contribution in [3.8, 4) is 0 Å². The Bertz CT molecular complexity index is 409. The number of rotatable bonds is 3. The number of nitrogens with two attached hydrogens (primary N) is 1. The van der Waals surface area contributed by atoms with E-state index in [1.807, 2.05) is 0 Å². The maximum Gasteiger partial charge on any atom is 0.416 e. The van der Waals surface area contributed by atoms with Crippen LogP contribution >= 0.6 is 11.8 Å². The average Bonchev–Trinajstić information content (AvgIpc) is 2.22. The van der Waals surface area contributed by atoms with Gasteiger partial charge in [-0.2, -0.15) is 13.2 Å². The Hall–Kier alpha value is -0.990. The van der Waals surface area contributed by atoms with Crippen LogP contribution in [0.15, 0.2) is 17.2 Å². The minimum absolute atomic E-state index is 0.00238. The van der Waals surface area contributed by atoms with Crippen LogP contribution in [-0.4, -0.2) is 23.4 Å². The Morgan fingerprint density at radius 2 is 2.12 bits per heavy atom. The number of aromatic nitrogens is 1. The van der Waals surface area contributed by atoms with Gasteiger partial charge in [0.15, 0.2) is 0 Å². The van der Waals surface area contributed by atoms with Gasteiger partial charge in [0.1, 0.15) is 5.82 Å². The molecule has 8 heteroatoms. The van der Waals surface area contributed by atoms with Gasteiger partial charge in [0, 0.05) is 0 Å². The molecule has 0 spiro atoms. The lowest BCUT2D eigenvalue weighted by molar-refractivity contribution is -0.137. The zero-order chi connectivity index (χ0) is 12.5. The monoisotopic (exact) mass is 265 g/mol. The van der Waals surface area contributed by atoms with E-state index >= 15 is 0 Å². The molecule has 0 amide bonds. The summed E-state index contributed by atoms with van der Waals surface area (Å²) in [5.74, 6) is 5.10. The van der Waals surface area contributed by atoms with Crippen molar-refractivity contribution in [3.63, 3.8) is 0 Å². The Kier molecular flexibility index (Phi) is 3.45. The normalized spacial score (nSPS) is 16.7. The third kappa shape index (κ3) is 3.02. The first-order chi connectivity index (χ1) is 7.99. The fourth-order valence-electron chi connectivity index (χ4n) is 1.26. The summed E-state index contributed by atoms with van der Waals surface area (Å²) in [5, 5.41) is 0.456. The molecule has 0 atom stereocenters. The predicted octanol–water partition coefficient (Wildman–Crippen LogP) is 1.88. The number of halogens is 3. The Morgan fingerprint density at radius 1 is 1.41 bits per heavy atom. The Balaban J connectivity index is 2.24. The zero-order valence-electron chi connectivity index (χ0n) is 8.62. The lowest BCUT2D eigenvalue weighted by Crippen LogP contribution is -2.30.